The molecule has 6 nitrogen and oxygen atoms in total. The van der Waals surface area contributed by atoms with Gasteiger partial charge < -0.3 is 15.4 Å². The Labute approximate surface area is 161 Å². The van der Waals surface area contributed by atoms with Crippen LogP contribution in [0.3, 0.4) is 0 Å². The summed E-state index contributed by atoms with van der Waals surface area (Å²) in [4.78, 5) is 16.6. The lowest BCUT2D eigenvalue weighted by Crippen LogP contribution is -2.13. The predicted octanol–water partition coefficient (Wildman–Crippen LogP) is 4.61. The molecular formula is C20H15ClN4O2. The van der Waals surface area contributed by atoms with E-state index in [2.05, 4.69) is 15.6 Å². The molecule has 3 rings (SSSR count). The van der Waals surface area contributed by atoms with Crippen LogP contribution >= 0.6 is 11.6 Å². The number of rotatable bonds is 5. The smallest absolute Gasteiger partial charge is 0.257 e. The van der Waals surface area contributed by atoms with Gasteiger partial charge in [-0.15, -0.1) is 0 Å². The third-order valence-corrected chi connectivity index (χ3v) is 4.03. The first-order valence-electron chi connectivity index (χ1n) is 7.97. The van der Waals surface area contributed by atoms with E-state index < -0.39 is 0 Å². The SMILES string of the molecule is COc1ccc(Nc2cncc(C(=O)Nc3ccccc3C#N)c2)cc1Cl. The number of carbonyl (C=O) groups excluding carboxylic acids is 1. The highest BCUT2D eigenvalue weighted by Crippen LogP contribution is 2.29. The summed E-state index contributed by atoms with van der Waals surface area (Å²) >= 11 is 6.13. The molecule has 0 unspecified atom stereocenters. The average Bonchev–Trinajstić information content (AvgIpc) is 2.69. The van der Waals surface area contributed by atoms with E-state index in [1.165, 1.54) is 6.20 Å². The lowest BCUT2D eigenvalue weighted by Gasteiger charge is -2.10. The Hall–Kier alpha value is -3.56. The van der Waals surface area contributed by atoms with Crippen molar-refractivity contribution in [3.63, 3.8) is 0 Å². The third-order valence-electron chi connectivity index (χ3n) is 3.74. The fourth-order valence-electron chi connectivity index (χ4n) is 2.43. The van der Waals surface area contributed by atoms with Crippen LogP contribution in [0.1, 0.15) is 15.9 Å². The van der Waals surface area contributed by atoms with Crippen LogP contribution in [0, 0.1) is 11.3 Å². The van der Waals surface area contributed by atoms with Gasteiger partial charge in [0, 0.05) is 11.9 Å². The van der Waals surface area contributed by atoms with Crippen LogP contribution in [0.5, 0.6) is 5.75 Å². The number of nitriles is 1. The van der Waals surface area contributed by atoms with Crippen molar-refractivity contribution in [1.82, 2.24) is 4.98 Å². The van der Waals surface area contributed by atoms with Crippen molar-refractivity contribution in [3.8, 4) is 11.8 Å². The number of halogens is 1. The van der Waals surface area contributed by atoms with Gasteiger partial charge in [0.2, 0.25) is 0 Å². The summed E-state index contributed by atoms with van der Waals surface area (Å²) in [6.07, 6.45) is 3.05. The fourth-order valence-corrected chi connectivity index (χ4v) is 2.69. The maximum atomic E-state index is 12.5. The monoisotopic (exact) mass is 378 g/mol. The molecule has 7 heteroatoms. The molecule has 0 saturated carbocycles. The quantitative estimate of drug-likeness (QED) is 0.676. The first kappa shape index (κ1) is 18.2. The number of nitrogens with one attached hydrogen (secondary N) is 2. The lowest BCUT2D eigenvalue weighted by molar-refractivity contribution is 0.102. The van der Waals surface area contributed by atoms with Crippen LogP contribution in [0.4, 0.5) is 17.1 Å². The van der Waals surface area contributed by atoms with Gasteiger partial charge in [-0.3, -0.25) is 9.78 Å². The van der Waals surface area contributed by atoms with Crippen molar-refractivity contribution in [1.29, 1.82) is 5.26 Å². The zero-order chi connectivity index (χ0) is 19.2. The van der Waals surface area contributed by atoms with Crippen LogP contribution in [-0.4, -0.2) is 18.0 Å². The predicted molar refractivity (Wildman–Crippen MR) is 105 cm³/mol. The van der Waals surface area contributed by atoms with E-state index in [-0.39, 0.29) is 5.91 Å². The number of aromatic nitrogens is 1. The van der Waals surface area contributed by atoms with Crippen molar-refractivity contribution in [2.75, 3.05) is 17.7 Å². The zero-order valence-electron chi connectivity index (χ0n) is 14.4. The Morgan fingerprint density at radius 2 is 1.96 bits per heavy atom. The molecule has 27 heavy (non-hydrogen) atoms. The molecule has 1 heterocycles. The Bertz CT molecular complexity index is 1030. The molecule has 0 saturated heterocycles. The third kappa shape index (κ3) is 4.35. The van der Waals surface area contributed by atoms with Gasteiger partial charge in [0.1, 0.15) is 11.8 Å². The number of nitrogens with zero attached hydrogens (tertiary/aromatic N) is 2. The molecular weight excluding hydrogens is 364 g/mol. The molecule has 0 aliphatic heterocycles. The number of benzene rings is 2. The van der Waals surface area contributed by atoms with Crippen LogP contribution in [-0.2, 0) is 0 Å². The molecule has 3 aromatic rings. The van der Waals surface area contributed by atoms with Gasteiger partial charge in [-0.25, -0.2) is 0 Å². The van der Waals surface area contributed by atoms with Crippen LogP contribution < -0.4 is 15.4 Å². The lowest BCUT2D eigenvalue weighted by atomic mass is 10.2. The van der Waals surface area contributed by atoms with Gasteiger partial charge in [0.15, 0.2) is 0 Å². The van der Waals surface area contributed by atoms with Crippen LogP contribution in [0.15, 0.2) is 60.9 Å². The number of hydrogen-bond acceptors (Lipinski definition) is 5. The minimum Gasteiger partial charge on any atom is -0.495 e. The summed E-state index contributed by atoms with van der Waals surface area (Å²) in [5, 5.41) is 15.5. The molecule has 0 fully saturated rings. The van der Waals surface area contributed by atoms with E-state index in [9.17, 15) is 4.79 Å². The molecule has 0 aliphatic rings. The van der Waals surface area contributed by atoms with Crippen molar-refractivity contribution >= 4 is 34.6 Å². The first-order valence-corrected chi connectivity index (χ1v) is 8.34. The fraction of sp³-hybridized carbons (Fsp3) is 0.0500. The van der Waals surface area contributed by atoms with Crippen molar-refractivity contribution in [2.24, 2.45) is 0 Å². The molecule has 0 spiro atoms. The summed E-state index contributed by atoms with van der Waals surface area (Å²) < 4.78 is 5.13. The normalized spacial score (nSPS) is 9.96. The van der Waals surface area contributed by atoms with Gasteiger partial charge in [-0.1, -0.05) is 23.7 Å². The highest BCUT2D eigenvalue weighted by molar-refractivity contribution is 6.32. The number of amides is 1. The van der Waals surface area contributed by atoms with E-state index in [1.54, 1.807) is 61.8 Å². The van der Waals surface area contributed by atoms with Gasteiger partial charge in [-0.2, -0.15) is 5.26 Å². The molecule has 134 valence electrons. The molecule has 2 aromatic carbocycles. The van der Waals surface area contributed by atoms with Gasteiger partial charge in [0.05, 0.1) is 40.8 Å². The second kappa shape index (κ2) is 8.21. The van der Waals surface area contributed by atoms with Crippen molar-refractivity contribution < 1.29 is 9.53 Å². The van der Waals surface area contributed by atoms with Gasteiger partial charge in [0.25, 0.3) is 5.91 Å². The molecule has 0 radical (unpaired) electrons. The minimum atomic E-state index is -0.360. The highest BCUT2D eigenvalue weighted by atomic mass is 35.5. The maximum absolute atomic E-state index is 12.5. The number of anilines is 3. The van der Waals surface area contributed by atoms with Crippen LogP contribution in [0.25, 0.3) is 0 Å². The minimum absolute atomic E-state index is 0.354. The Morgan fingerprint density at radius 3 is 2.70 bits per heavy atom. The van der Waals surface area contributed by atoms with Crippen molar-refractivity contribution in [3.05, 3.63) is 77.1 Å². The van der Waals surface area contributed by atoms with E-state index >= 15 is 0 Å². The molecule has 2 N–H and O–H groups in total. The molecule has 1 aromatic heterocycles. The van der Waals surface area contributed by atoms with Gasteiger partial charge >= 0.3 is 0 Å². The first-order chi connectivity index (χ1) is 13.1. The standard InChI is InChI=1S/C20H15ClN4O2/c1-27-19-7-6-15(9-17(19)21)24-16-8-14(11-23-12-16)20(26)25-18-5-3-2-4-13(18)10-22/h2-9,11-12,24H,1H3,(H,25,26). The number of para-hydroxylation sites is 1. The van der Waals surface area contributed by atoms with Crippen LogP contribution in [0.2, 0.25) is 5.02 Å². The largest absolute Gasteiger partial charge is 0.495 e. The summed E-state index contributed by atoms with van der Waals surface area (Å²) in [5.41, 5.74) is 2.55. The summed E-state index contributed by atoms with van der Waals surface area (Å²) in [5.74, 6) is 0.214. The number of methoxy groups -OCH3 is 1. The Balaban J connectivity index is 1.78. The average molecular weight is 379 g/mol. The van der Waals surface area contributed by atoms with Crippen molar-refractivity contribution in [2.45, 2.75) is 0 Å². The zero-order valence-corrected chi connectivity index (χ0v) is 15.1. The summed E-state index contributed by atoms with van der Waals surface area (Å²) in [6.45, 7) is 0. The highest BCUT2D eigenvalue weighted by Gasteiger charge is 2.10. The van der Waals surface area contributed by atoms with E-state index in [1.807, 2.05) is 6.07 Å². The second-order valence-electron chi connectivity index (χ2n) is 5.55. The summed E-state index contributed by atoms with van der Waals surface area (Å²) in [7, 11) is 1.55. The van der Waals surface area contributed by atoms with E-state index in [0.29, 0.717) is 33.3 Å². The number of pyridine rings is 1. The number of hydrogen-bond donors (Lipinski definition) is 2. The topological polar surface area (TPSA) is 87.0 Å². The molecule has 1 amide bonds. The Morgan fingerprint density at radius 1 is 1.15 bits per heavy atom. The number of ether oxygens (including phenoxy) is 1. The van der Waals surface area contributed by atoms with E-state index in [0.717, 1.165) is 5.69 Å². The van der Waals surface area contributed by atoms with Gasteiger partial charge in [-0.05, 0) is 36.4 Å². The van der Waals surface area contributed by atoms with E-state index in [4.69, 9.17) is 21.6 Å². The molecule has 0 bridgehead atoms. The molecule has 0 atom stereocenters. The Kier molecular flexibility index (Phi) is 5.55. The maximum Gasteiger partial charge on any atom is 0.257 e. The second-order valence-corrected chi connectivity index (χ2v) is 5.96. The number of carbonyl (C=O) groups is 1. The molecule has 0 aliphatic carbocycles. The summed E-state index contributed by atoms with van der Waals surface area (Å²) in [6, 6.07) is 15.8.